The summed E-state index contributed by atoms with van der Waals surface area (Å²) in [7, 11) is 2.11. The van der Waals surface area contributed by atoms with Gasteiger partial charge in [0.2, 0.25) is 0 Å². The second-order valence-corrected chi connectivity index (χ2v) is 9.49. The largest absolute Gasteiger partial charge is 0.322 e. The molecule has 4 aromatic rings. The molecule has 1 atom stereocenters. The molecule has 1 aliphatic rings. The number of nitrogens with zero attached hydrogens (tertiary/aromatic N) is 6. The fourth-order valence-corrected chi connectivity index (χ4v) is 4.50. The van der Waals surface area contributed by atoms with E-state index in [9.17, 15) is 4.79 Å². The summed E-state index contributed by atoms with van der Waals surface area (Å²) < 4.78 is 1.95. The van der Waals surface area contributed by atoms with Gasteiger partial charge in [-0.3, -0.25) is 24.0 Å². The number of likely N-dealkylation sites (N-methyl/N-ethyl adjacent to an activating group) is 1. The van der Waals surface area contributed by atoms with Crippen molar-refractivity contribution >= 4 is 17.2 Å². The van der Waals surface area contributed by atoms with Gasteiger partial charge in [0.05, 0.1) is 17.3 Å². The monoisotopic (exact) mass is 469 g/mol. The lowest BCUT2D eigenvalue weighted by Crippen LogP contribution is -2.46. The van der Waals surface area contributed by atoms with E-state index in [2.05, 4.69) is 69.4 Å². The van der Waals surface area contributed by atoms with Crippen LogP contribution in [0.3, 0.4) is 0 Å². The third-order valence-corrected chi connectivity index (χ3v) is 6.67. The SMILES string of the molecule is CC(C)c1ccc(NC(=O)c2ccc3nnc(C4CN(Cc5ccccn5)CCN4C)n3c2)cc1. The summed E-state index contributed by atoms with van der Waals surface area (Å²) in [6.07, 6.45) is 3.67. The van der Waals surface area contributed by atoms with Crippen LogP contribution >= 0.6 is 0 Å². The number of carbonyl (C=O) groups excluding carboxylic acids is 1. The van der Waals surface area contributed by atoms with Crippen molar-refractivity contribution in [3.63, 3.8) is 0 Å². The molecule has 1 amide bonds. The molecule has 1 unspecified atom stereocenters. The Labute approximate surface area is 205 Å². The highest BCUT2D eigenvalue weighted by molar-refractivity contribution is 6.04. The Morgan fingerprint density at radius 3 is 2.63 bits per heavy atom. The van der Waals surface area contributed by atoms with Gasteiger partial charge in [-0.15, -0.1) is 10.2 Å². The standard InChI is InChI=1S/C27H31N7O/c1-19(2)20-7-10-22(11-8-20)29-27(35)21-9-12-25-30-31-26(34(25)16-21)24-18-33(15-14-32(24)3)17-23-6-4-5-13-28-23/h4-13,16,19,24H,14-15,17-18H2,1-3H3,(H,29,35). The van der Waals surface area contributed by atoms with Crippen LogP contribution in [0, 0.1) is 0 Å². The molecule has 4 heterocycles. The first kappa shape index (κ1) is 23.1. The zero-order valence-electron chi connectivity index (χ0n) is 20.4. The Morgan fingerprint density at radius 1 is 1.06 bits per heavy atom. The Hall–Kier alpha value is -3.62. The second-order valence-electron chi connectivity index (χ2n) is 9.49. The van der Waals surface area contributed by atoms with Crippen molar-refractivity contribution in [3.8, 4) is 0 Å². The number of hydrogen-bond donors (Lipinski definition) is 1. The number of anilines is 1. The minimum Gasteiger partial charge on any atom is -0.322 e. The minimum absolute atomic E-state index is 0.0596. The van der Waals surface area contributed by atoms with Gasteiger partial charge in [-0.05, 0) is 54.9 Å². The summed E-state index contributed by atoms with van der Waals surface area (Å²) in [6, 6.07) is 17.7. The molecule has 0 radical (unpaired) electrons. The van der Waals surface area contributed by atoms with Crippen molar-refractivity contribution < 1.29 is 4.79 Å². The molecule has 8 nitrogen and oxygen atoms in total. The number of fused-ring (bicyclic) bond motifs is 1. The first-order chi connectivity index (χ1) is 17.0. The zero-order valence-corrected chi connectivity index (χ0v) is 20.4. The molecule has 1 N–H and O–H groups in total. The van der Waals surface area contributed by atoms with E-state index in [0.29, 0.717) is 11.5 Å². The molecule has 0 saturated carbocycles. The lowest BCUT2D eigenvalue weighted by Gasteiger charge is -2.38. The molecular formula is C27H31N7O. The van der Waals surface area contributed by atoms with Crippen LogP contribution in [0.15, 0.2) is 67.0 Å². The van der Waals surface area contributed by atoms with Gasteiger partial charge in [0, 0.05) is 44.3 Å². The van der Waals surface area contributed by atoms with Crippen molar-refractivity contribution in [2.45, 2.75) is 32.4 Å². The fourth-order valence-electron chi connectivity index (χ4n) is 4.50. The van der Waals surface area contributed by atoms with Crippen molar-refractivity contribution in [2.24, 2.45) is 0 Å². The van der Waals surface area contributed by atoms with Gasteiger partial charge in [0.25, 0.3) is 5.91 Å². The van der Waals surface area contributed by atoms with Crippen LogP contribution in [0.4, 0.5) is 5.69 Å². The van der Waals surface area contributed by atoms with Crippen molar-refractivity contribution in [3.05, 3.63) is 89.6 Å². The van der Waals surface area contributed by atoms with E-state index in [1.807, 2.05) is 47.1 Å². The number of amides is 1. The number of pyridine rings is 2. The second kappa shape index (κ2) is 9.93. The molecule has 0 aliphatic carbocycles. The van der Waals surface area contributed by atoms with Gasteiger partial charge < -0.3 is 5.32 Å². The van der Waals surface area contributed by atoms with Gasteiger partial charge in [0.15, 0.2) is 11.5 Å². The highest BCUT2D eigenvalue weighted by atomic mass is 16.1. The van der Waals surface area contributed by atoms with E-state index in [1.165, 1.54) is 5.56 Å². The minimum atomic E-state index is -0.155. The van der Waals surface area contributed by atoms with E-state index in [-0.39, 0.29) is 11.9 Å². The molecule has 1 aromatic carbocycles. The van der Waals surface area contributed by atoms with Crippen LogP contribution in [-0.4, -0.2) is 62.0 Å². The highest BCUT2D eigenvalue weighted by Gasteiger charge is 2.29. The average Bonchev–Trinajstić information content (AvgIpc) is 3.29. The molecule has 0 bridgehead atoms. The highest BCUT2D eigenvalue weighted by Crippen LogP contribution is 2.25. The van der Waals surface area contributed by atoms with Crippen molar-refractivity contribution in [2.75, 3.05) is 32.0 Å². The van der Waals surface area contributed by atoms with E-state index < -0.39 is 0 Å². The Kier molecular flexibility index (Phi) is 6.57. The zero-order chi connectivity index (χ0) is 24.4. The molecule has 0 spiro atoms. The molecule has 35 heavy (non-hydrogen) atoms. The topological polar surface area (TPSA) is 78.7 Å². The van der Waals surface area contributed by atoms with E-state index in [0.717, 1.165) is 49.0 Å². The molecule has 1 aliphatic heterocycles. The maximum absolute atomic E-state index is 13.0. The predicted octanol–water partition coefficient (Wildman–Crippen LogP) is 3.99. The summed E-state index contributed by atoms with van der Waals surface area (Å²) in [5.41, 5.74) is 4.37. The summed E-state index contributed by atoms with van der Waals surface area (Å²) in [5, 5.41) is 11.9. The fraction of sp³-hybridized carbons (Fsp3) is 0.333. The van der Waals surface area contributed by atoms with E-state index in [4.69, 9.17) is 0 Å². The number of benzene rings is 1. The van der Waals surface area contributed by atoms with E-state index >= 15 is 0 Å². The van der Waals surface area contributed by atoms with Gasteiger partial charge in [0.1, 0.15) is 0 Å². The van der Waals surface area contributed by atoms with Gasteiger partial charge in [-0.25, -0.2) is 0 Å². The normalized spacial score (nSPS) is 17.2. The first-order valence-corrected chi connectivity index (χ1v) is 12.1. The summed E-state index contributed by atoms with van der Waals surface area (Å²) >= 11 is 0. The van der Waals surface area contributed by atoms with Gasteiger partial charge >= 0.3 is 0 Å². The summed E-state index contributed by atoms with van der Waals surface area (Å²) in [6.45, 7) is 7.79. The van der Waals surface area contributed by atoms with Gasteiger partial charge in [-0.2, -0.15) is 0 Å². The number of aromatic nitrogens is 4. The predicted molar refractivity (Wildman–Crippen MR) is 136 cm³/mol. The summed E-state index contributed by atoms with van der Waals surface area (Å²) in [4.78, 5) is 22.2. The van der Waals surface area contributed by atoms with Crippen LogP contribution < -0.4 is 5.32 Å². The van der Waals surface area contributed by atoms with Gasteiger partial charge in [-0.1, -0.05) is 32.0 Å². The number of rotatable bonds is 6. The lowest BCUT2D eigenvalue weighted by molar-refractivity contribution is 0.0844. The number of hydrogen-bond acceptors (Lipinski definition) is 6. The maximum Gasteiger partial charge on any atom is 0.257 e. The number of carbonyl (C=O) groups is 1. The third kappa shape index (κ3) is 5.08. The van der Waals surface area contributed by atoms with Crippen molar-refractivity contribution in [1.29, 1.82) is 0 Å². The molecule has 1 saturated heterocycles. The van der Waals surface area contributed by atoms with Crippen molar-refractivity contribution in [1.82, 2.24) is 29.4 Å². The molecule has 3 aromatic heterocycles. The smallest absolute Gasteiger partial charge is 0.257 e. The Morgan fingerprint density at radius 2 is 1.89 bits per heavy atom. The third-order valence-electron chi connectivity index (χ3n) is 6.67. The van der Waals surface area contributed by atoms with Crippen LogP contribution in [0.25, 0.3) is 5.65 Å². The molecule has 8 heteroatoms. The quantitative estimate of drug-likeness (QED) is 0.460. The average molecular weight is 470 g/mol. The Balaban J connectivity index is 1.35. The number of nitrogens with one attached hydrogen (secondary N) is 1. The first-order valence-electron chi connectivity index (χ1n) is 12.1. The van der Waals surface area contributed by atoms with Crippen LogP contribution in [-0.2, 0) is 6.54 Å². The van der Waals surface area contributed by atoms with Crippen LogP contribution in [0.1, 0.15) is 53.2 Å². The molecule has 180 valence electrons. The van der Waals surface area contributed by atoms with Crippen LogP contribution in [0.5, 0.6) is 0 Å². The van der Waals surface area contributed by atoms with E-state index in [1.54, 1.807) is 6.07 Å². The lowest BCUT2D eigenvalue weighted by atomic mass is 10.0. The Bertz CT molecular complexity index is 1300. The number of piperazine rings is 1. The molecular weight excluding hydrogens is 438 g/mol. The molecule has 5 rings (SSSR count). The summed E-state index contributed by atoms with van der Waals surface area (Å²) in [5.74, 6) is 1.13. The maximum atomic E-state index is 13.0. The molecule has 1 fully saturated rings. The van der Waals surface area contributed by atoms with Crippen LogP contribution in [0.2, 0.25) is 0 Å².